The summed E-state index contributed by atoms with van der Waals surface area (Å²) in [6.45, 7) is 8.49. The molecule has 0 aliphatic heterocycles. The highest BCUT2D eigenvalue weighted by molar-refractivity contribution is 7.80. The molecule has 2 nitrogen and oxygen atoms in total. The van der Waals surface area contributed by atoms with E-state index in [0.29, 0.717) is 12.3 Å². The summed E-state index contributed by atoms with van der Waals surface area (Å²) in [5.41, 5.74) is 6.28. The number of anilines is 1. The molecule has 0 saturated carbocycles. The summed E-state index contributed by atoms with van der Waals surface area (Å²) in [6.07, 6.45) is 1.88. The Balaban J connectivity index is 2.66. The Kier molecular flexibility index (Phi) is 3.69. The van der Waals surface area contributed by atoms with Crippen LogP contribution in [0.2, 0.25) is 0 Å². The number of ether oxygens (including phenoxy) is 1. The van der Waals surface area contributed by atoms with E-state index in [2.05, 4.69) is 33.1 Å². The molecule has 3 heteroatoms. The summed E-state index contributed by atoms with van der Waals surface area (Å²) in [5, 5.41) is 0. The summed E-state index contributed by atoms with van der Waals surface area (Å²) in [4.78, 5) is 0.740. The van der Waals surface area contributed by atoms with E-state index in [1.807, 2.05) is 18.2 Å². The first-order chi connectivity index (χ1) is 6.94. The van der Waals surface area contributed by atoms with E-state index >= 15 is 0 Å². The zero-order valence-electron chi connectivity index (χ0n) is 9.16. The predicted molar refractivity (Wildman–Crippen MR) is 67.6 cm³/mol. The minimum absolute atomic E-state index is 0.0296. The maximum Gasteiger partial charge on any atom is 0.120 e. The molecule has 0 fully saturated rings. The molecule has 0 aromatic heterocycles. The molecule has 82 valence electrons. The molecule has 15 heavy (non-hydrogen) atoms. The minimum atomic E-state index is -0.0296. The molecular formula is C12H17NOS. The Morgan fingerprint density at radius 1 is 1.53 bits per heavy atom. The third-order valence-corrected chi connectivity index (χ3v) is 2.55. The van der Waals surface area contributed by atoms with Gasteiger partial charge in [-0.3, -0.25) is 0 Å². The van der Waals surface area contributed by atoms with Gasteiger partial charge in [-0.25, -0.2) is 0 Å². The van der Waals surface area contributed by atoms with E-state index in [0.717, 1.165) is 10.6 Å². The number of nitrogens with two attached hydrogens (primary N) is 1. The molecule has 0 aliphatic rings. The molecule has 1 aromatic carbocycles. The second kappa shape index (κ2) is 4.62. The Hall–Kier alpha value is -1.09. The van der Waals surface area contributed by atoms with Gasteiger partial charge in [0.25, 0.3) is 0 Å². The number of hydrogen-bond acceptors (Lipinski definition) is 3. The molecule has 0 bridgehead atoms. The third-order valence-electron chi connectivity index (χ3n) is 2.17. The van der Waals surface area contributed by atoms with Crippen molar-refractivity contribution in [2.75, 3.05) is 12.3 Å². The maximum absolute atomic E-state index is 5.65. The van der Waals surface area contributed by atoms with E-state index in [4.69, 9.17) is 10.5 Å². The van der Waals surface area contributed by atoms with Gasteiger partial charge in [0.2, 0.25) is 0 Å². The lowest BCUT2D eigenvalue weighted by Gasteiger charge is -2.20. The van der Waals surface area contributed by atoms with Crippen molar-refractivity contribution in [2.24, 2.45) is 5.41 Å². The zero-order valence-corrected chi connectivity index (χ0v) is 10.1. The highest BCUT2D eigenvalue weighted by Crippen LogP contribution is 2.24. The predicted octanol–water partition coefficient (Wildman–Crippen LogP) is 3.15. The standard InChI is InChI=1S/C12H17NOS/c1-4-12(2,3)8-14-9-5-6-10(13)11(15)7-9/h4-7,15H,1,8,13H2,2-3H3. The van der Waals surface area contributed by atoms with E-state index in [9.17, 15) is 0 Å². The Morgan fingerprint density at radius 3 is 2.73 bits per heavy atom. The van der Waals surface area contributed by atoms with Gasteiger partial charge in [-0.15, -0.1) is 19.2 Å². The van der Waals surface area contributed by atoms with Crippen LogP contribution in [0.25, 0.3) is 0 Å². The van der Waals surface area contributed by atoms with Gasteiger partial charge in [-0.05, 0) is 18.2 Å². The molecule has 0 saturated heterocycles. The molecule has 0 radical (unpaired) electrons. The molecule has 1 aromatic rings. The second-order valence-corrected chi connectivity index (χ2v) is 4.68. The number of hydrogen-bond donors (Lipinski definition) is 2. The Labute approximate surface area is 96.5 Å². The molecular weight excluding hydrogens is 206 g/mol. The minimum Gasteiger partial charge on any atom is -0.493 e. The smallest absolute Gasteiger partial charge is 0.120 e. The quantitative estimate of drug-likeness (QED) is 0.467. The van der Waals surface area contributed by atoms with Crippen LogP contribution in [0.3, 0.4) is 0 Å². The van der Waals surface area contributed by atoms with Gasteiger partial charge in [0.15, 0.2) is 0 Å². The lowest BCUT2D eigenvalue weighted by atomic mass is 9.95. The maximum atomic E-state index is 5.65. The summed E-state index contributed by atoms with van der Waals surface area (Å²) in [7, 11) is 0. The monoisotopic (exact) mass is 223 g/mol. The summed E-state index contributed by atoms with van der Waals surface area (Å²) in [6, 6.07) is 5.45. The van der Waals surface area contributed by atoms with Crippen LogP contribution in [-0.2, 0) is 0 Å². The van der Waals surface area contributed by atoms with E-state index in [1.165, 1.54) is 0 Å². The van der Waals surface area contributed by atoms with Crippen molar-refractivity contribution < 1.29 is 4.74 Å². The fraction of sp³-hybridized carbons (Fsp3) is 0.333. The van der Waals surface area contributed by atoms with Crippen molar-refractivity contribution in [3.05, 3.63) is 30.9 Å². The molecule has 0 aliphatic carbocycles. The van der Waals surface area contributed by atoms with Crippen molar-refractivity contribution in [3.63, 3.8) is 0 Å². The van der Waals surface area contributed by atoms with E-state index in [1.54, 1.807) is 6.07 Å². The molecule has 0 unspecified atom stereocenters. The van der Waals surface area contributed by atoms with Crippen LogP contribution in [0.15, 0.2) is 35.7 Å². The first-order valence-corrected chi connectivity index (χ1v) is 5.24. The fourth-order valence-corrected chi connectivity index (χ4v) is 1.14. The highest BCUT2D eigenvalue weighted by Gasteiger charge is 2.13. The van der Waals surface area contributed by atoms with Crippen LogP contribution in [0.4, 0.5) is 5.69 Å². The van der Waals surface area contributed by atoms with Crippen LogP contribution in [-0.4, -0.2) is 6.61 Å². The number of rotatable bonds is 4. The van der Waals surface area contributed by atoms with Crippen molar-refractivity contribution in [1.82, 2.24) is 0 Å². The van der Waals surface area contributed by atoms with Gasteiger partial charge >= 0.3 is 0 Å². The molecule has 1 rings (SSSR count). The van der Waals surface area contributed by atoms with Crippen LogP contribution >= 0.6 is 12.6 Å². The van der Waals surface area contributed by atoms with Crippen molar-refractivity contribution in [3.8, 4) is 5.75 Å². The van der Waals surface area contributed by atoms with Gasteiger partial charge < -0.3 is 10.5 Å². The summed E-state index contributed by atoms with van der Waals surface area (Å²) >= 11 is 4.23. The van der Waals surface area contributed by atoms with Crippen molar-refractivity contribution in [2.45, 2.75) is 18.7 Å². The molecule has 2 N–H and O–H groups in total. The number of thiol groups is 1. The van der Waals surface area contributed by atoms with Crippen LogP contribution in [0, 0.1) is 5.41 Å². The lowest BCUT2D eigenvalue weighted by Crippen LogP contribution is -2.18. The lowest BCUT2D eigenvalue weighted by molar-refractivity contribution is 0.221. The third kappa shape index (κ3) is 3.51. The molecule has 0 atom stereocenters. The largest absolute Gasteiger partial charge is 0.493 e. The Morgan fingerprint density at radius 2 is 2.20 bits per heavy atom. The average Bonchev–Trinajstić information content (AvgIpc) is 2.20. The van der Waals surface area contributed by atoms with Crippen molar-refractivity contribution in [1.29, 1.82) is 0 Å². The van der Waals surface area contributed by atoms with Crippen LogP contribution in [0.5, 0.6) is 5.75 Å². The SMILES string of the molecule is C=CC(C)(C)COc1ccc(N)c(S)c1. The Bertz CT molecular complexity index is 361. The highest BCUT2D eigenvalue weighted by atomic mass is 32.1. The zero-order chi connectivity index (χ0) is 11.5. The average molecular weight is 223 g/mol. The molecule has 0 heterocycles. The first kappa shape index (κ1) is 12.0. The number of benzene rings is 1. The molecule has 0 spiro atoms. The van der Waals surface area contributed by atoms with Gasteiger partial charge in [0.1, 0.15) is 5.75 Å². The second-order valence-electron chi connectivity index (χ2n) is 4.20. The first-order valence-electron chi connectivity index (χ1n) is 4.79. The van der Waals surface area contributed by atoms with Crippen LogP contribution < -0.4 is 10.5 Å². The number of nitrogen functional groups attached to an aromatic ring is 1. The van der Waals surface area contributed by atoms with Gasteiger partial charge in [-0.1, -0.05) is 19.9 Å². The van der Waals surface area contributed by atoms with Crippen molar-refractivity contribution >= 4 is 18.3 Å². The normalized spacial score (nSPS) is 11.1. The summed E-state index contributed by atoms with van der Waals surface area (Å²) in [5.74, 6) is 0.782. The van der Waals surface area contributed by atoms with Gasteiger partial charge in [0.05, 0.1) is 6.61 Å². The van der Waals surface area contributed by atoms with Gasteiger partial charge in [0, 0.05) is 16.0 Å². The van der Waals surface area contributed by atoms with E-state index in [-0.39, 0.29) is 5.41 Å². The van der Waals surface area contributed by atoms with E-state index < -0.39 is 0 Å². The van der Waals surface area contributed by atoms with Crippen LogP contribution in [0.1, 0.15) is 13.8 Å². The fourth-order valence-electron chi connectivity index (χ4n) is 0.942. The topological polar surface area (TPSA) is 35.2 Å². The van der Waals surface area contributed by atoms with Gasteiger partial charge in [-0.2, -0.15) is 0 Å². The molecule has 0 amide bonds. The summed E-state index contributed by atoms with van der Waals surface area (Å²) < 4.78 is 5.62.